The van der Waals surface area contributed by atoms with E-state index in [1.807, 2.05) is 0 Å². The minimum Gasteiger partial charge on any atom is -0.483 e. The van der Waals surface area contributed by atoms with Crippen LogP contribution in [0.2, 0.25) is 5.02 Å². The third-order valence-electron chi connectivity index (χ3n) is 1.85. The molecule has 0 atom stereocenters. The van der Waals surface area contributed by atoms with Crippen molar-refractivity contribution in [3.8, 4) is 5.75 Å². The molecule has 0 radical (unpaired) electrons. The molecule has 0 heterocycles. The van der Waals surface area contributed by atoms with Gasteiger partial charge in [0.05, 0.1) is 23.2 Å². The molecule has 0 aliphatic heterocycles. The third kappa shape index (κ3) is 4.41. The Morgan fingerprint density at radius 3 is 2.76 bits per heavy atom. The summed E-state index contributed by atoms with van der Waals surface area (Å²) in [7, 11) is 0. The molecule has 1 rings (SSSR count). The van der Waals surface area contributed by atoms with Gasteiger partial charge >= 0.3 is 5.69 Å². The third-order valence-corrected chi connectivity index (χ3v) is 2.33. The summed E-state index contributed by atoms with van der Waals surface area (Å²) in [4.78, 5) is 10.2. The Balaban J connectivity index is 2.60. The largest absolute Gasteiger partial charge is 0.483 e. The number of ether oxygens (including phenoxy) is 2. The van der Waals surface area contributed by atoms with E-state index in [0.29, 0.717) is 19.0 Å². The van der Waals surface area contributed by atoms with Crippen LogP contribution in [-0.2, 0) is 4.74 Å². The summed E-state index contributed by atoms with van der Waals surface area (Å²) in [5, 5.41) is 11.0. The number of para-hydroxylation sites is 1. The molecule has 0 bridgehead atoms. The summed E-state index contributed by atoms with van der Waals surface area (Å²) in [5.41, 5.74) is -0.147. The highest BCUT2D eigenvalue weighted by atomic mass is 35.5. The molecule has 1 aromatic rings. The van der Waals surface area contributed by atoms with E-state index in [4.69, 9.17) is 21.1 Å². The molecule has 0 aliphatic carbocycles. The zero-order chi connectivity index (χ0) is 12.7. The average Bonchev–Trinajstić information content (AvgIpc) is 2.30. The second-order valence-corrected chi connectivity index (χ2v) is 3.88. The first kappa shape index (κ1) is 14.1. The fourth-order valence-electron chi connectivity index (χ4n) is 1.15. The number of nitro groups is 1. The lowest BCUT2D eigenvalue weighted by Crippen LogP contribution is -2.09. The Hall–Kier alpha value is -0.980. The Kier molecular flexibility index (Phi) is 6.10. The molecule has 0 aromatic heterocycles. The summed E-state index contributed by atoms with van der Waals surface area (Å²) in [6, 6.07) is 4.39. The van der Waals surface area contributed by atoms with E-state index < -0.39 is 4.92 Å². The van der Waals surface area contributed by atoms with Gasteiger partial charge in [-0.3, -0.25) is 10.1 Å². The standard InChI is InChI=1S/C10H12ClNO4S/c11-8-2-1-3-9(12(13)14)10(8)16-5-4-15-6-7-17/h1-3,17H,4-7H2. The number of hydrogen-bond donors (Lipinski definition) is 1. The van der Waals surface area contributed by atoms with Gasteiger partial charge in [-0.2, -0.15) is 12.6 Å². The van der Waals surface area contributed by atoms with Crippen LogP contribution in [0, 0.1) is 10.1 Å². The van der Waals surface area contributed by atoms with E-state index in [9.17, 15) is 10.1 Å². The highest BCUT2D eigenvalue weighted by Crippen LogP contribution is 2.34. The van der Waals surface area contributed by atoms with Crippen molar-refractivity contribution in [2.24, 2.45) is 0 Å². The highest BCUT2D eigenvalue weighted by molar-refractivity contribution is 7.80. The predicted octanol–water partition coefficient (Wildman–Crippen LogP) is 2.57. The van der Waals surface area contributed by atoms with Crippen LogP contribution in [0.3, 0.4) is 0 Å². The Morgan fingerprint density at radius 1 is 1.35 bits per heavy atom. The van der Waals surface area contributed by atoms with Gasteiger partial charge in [0.15, 0.2) is 0 Å². The molecule has 17 heavy (non-hydrogen) atoms. The normalized spacial score (nSPS) is 10.2. The van der Waals surface area contributed by atoms with Gasteiger partial charge in [-0.25, -0.2) is 0 Å². The maximum atomic E-state index is 10.7. The first-order valence-corrected chi connectivity index (χ1v) is 5.92. The number of thiol groups is 1. The van der Waals surface area contributed by atoms with Crippen LogP contribution in [0.5, 0.6) is 5.75 Å². The van der Waals surface area contributed by atoms with E-state index in [0.717, 1.165) is 0 Å². The topological polar surface area (TPSA) is 61.6 Å². The van der Waals surface area contributed by atoms with Gasteiger partial charge in [0.1, 0.15) is 6.61 Å². The molecule has 94 valence electrons. The van der Waals surface area contributed by atoms with Gasteiger partial charge in [0, 0.05) is 11.8 Å². The fourth-order valence-corrected chi connectivity index (χ4v) is 1.51. The minimum absolute atomic E-state index is 0.0774. The minimum atomic E-state index is -0.532. The van der Waals surface area contributed by atoms with Crippen molar-refractivity contribution in [1.82, 2.24) is 0 Å². The van der Waals surface area contributed by atoms with Crippen molar-refractivity contribution in [2.45, 2.75) is 0 Å². The van der Waals surface area contributed by atoms with E-state index in [1.165, 1.54) is 12.1 Å². The number of nitro benzene ring substituents is 1. The monoisotopic (exact) mass is 277 g/mol. The van der Waals surface area contributed by atoms with Crippen molar-refractivity contribution < 1.29 is 14.4 Å². The fraction of sp³-hybridized carbons (Fsp3) is 0.400. The zero-order valence-electron chi connectivity index (χ0n) is 8.97. The van der Waals surface area contributed by atoms with Gasteiger partial charge in [-0.05, 0) is 6.07 Å². The maximum Gasteiger partial charge on any atom is 0.312 e. The summed E-state index contributed by atoms with van der Waals surface area (Å²) >= 11 is 9.81. The van der Waals surface area contributed by atoms with Crippen LogP contribution in [0.15, 0.2) is 18.2 Å². The van der Waals surface area contributed by atoms with E-state index in [-0.39, 0.29) is 23.1 Å². The van der Waals surface area contributed by atoms with Gasteiger partial charge in [-0.1, -0.05) is 17.7 Å². The molecule has 7 heteroatoms. The van der Waals surface area contributed by atoms with Crippen LogP contribution in [-0.4, -0.2) is 30.5 Å². The van der Waals surface area contributed by atoms with Crippen molar-refractivity contribution in [2.75, 3.05) is 25.6 Å². The SMILES string of the molecule is O=[N+]([O-])c1cccc(Cl)c1OCCOCCS. The molecule has 0 unspecified atom stereocenters. The zero-order valence-corrected chi connectivity index (χ0v) is 10.6. The second-order valence-electron chi connectivity index (χ2n) is 3.03. The Labute approximate surface area is 109 Å². The molecule has 0 fully saturated rings. The molecule has 0 amide bonds. The van der Waals surface area contributed by atoms with E-state index >= 15 is 0 Å². The number of nitrogens with zero attached hydrogens (tertiary/aromatic N) is 1. The lowest BCUT2D eigenvalue weighted by Gasteiger charge is -2.08. The summed E-state index contributed by atoms with van der Waals surface area (Å²) in [6.07, 6.45) is 0. The van der Waals surface area contributed by atoms with Crippen molar-refractivity contribution in [3.63, 3.8) is 0 Å². The van der Waals surface area contributed by atoms with E-state index in [1.54, 1.807) is 6.07 Å². The molecular weight excluding hydrogens is 266 g/mol. The van der Waals surface area contributed by atoms with Crippen LogP contribution >= 0.6 is 24.2 Å². The lowest BCUT2D eigenvalue weighted by atomic mass is 10.3. The van der Waals surface area contributed by atoms with Crippen LogP contribution in [0.4, 0.5) is 5.69 Å². The quantitative estimate of drug-likeness (QED) is 0.360. The lowest BCUT2D eigenvalue weighted by molar-refractivity contribution is -0.385. The van der Waals surface area contributed by atoms with Crippen molar-refractivity contribution >= 4 is 29.9 Å². The number of halogens is 1. The van der Waals surface area contributed by atoms with Crippen LogP contribution in [0.1, 0.15) is 0 Å². The summed E-state index contributed by atoms with van der Waals surface area (Å²) < 4.78 is 10.4. The number of benzene rings is 1. The van der Waals surface area contributed by atoms with Crippen LogP contribution in [0.25, 0.3) is 0 Å². The molecule has 0 aliphatic rings. The molecule has 0 saturated carbocycles. The summed E-state index contributed by atoms with van der Waals surface area (Å²) in [5.74, 6) is 0.695. The predicted molar refractivity (Wildman–Crippen MR) is 68.3 cm³/mol. The molecule has 0 N–H and O–H groups in total. The van der Waals surface area contributed by atoms with Gasteiger partial charge in [-0.15, -0.1) is 0 Å². The molecule has 0 saturated heterocycles. The van der Waals surface area contributed by atoms with E-state index in [2.05, 4.69) is 12.6 Å². The Morgan fingerprint density at radius 2 is 2.12 bits per heavy atom. The average molecular weight is 278 g/mol. The van der Waals surface area contributed by atoms with Gasteiger partial charge in [0.2, 0.25) is 5.75 Å². The molecule has 5 nitrogen and oxygen atoms in total. The highest BCUT2D eigenvalue weighted by Gasteiger charge is 2.17. The van der Waals surface area contributed by atoms with Crippen molar-refractivity contribution in [3.05, 3.63) is 33.3 Å². The molecule has 0 spiro atoms. The smallest absolute Gasteiger partial charge is 0.312 e. The van der Waals surface area contributed by atoms with Gasteiger partial charge in [0.25, 0.3) is 0 Å². The van der Waals surface area contributed by atoms with Crippen molar-refractivity contribution in [1.29, 1.82) is 0 Å². The Bertz CT molecular complexity index is 389. The maximum absolute atomic E-state index is 10.7. The number of rotatable bonds is 7. The molecule has 1 aromatic carbocycles. The van der Waals surface area contributed by atoms with Gasteiger partial charge < -0.3 is 9.47 Å². The summed E-state index contributed by atoms with van der Waals surface area (Å²) in [6.45, 7) is 1.05. The second kappa shape index (κ2) is 7.37. The first-order chi connectivity index (χ1) is 8.16. The first-order valence-electron chi connectivity index (χ1n) is 4.91. The molecular formula is C10H12ClNO4S. The number of hydrogen-bond acceptors (Lipinski definition) is 5. The van der Waals surface area contributed by atoms with Crippen LogP contribution < -0.4 is 4.74 Å².